The first-order valence-electron chi connectivity index (χ1n) is 3.87. The van der Waals surface area contributed by atoms with Gasteiger partial charge in [-0.2, -0.15) is 0 Å². The van der Waals surface area contributed by atoms with Gasteiger partial charge in [0.2, 0.25) is 0 Å². The average Bonchev–Trinajstić information content (AvgIpc) is 2.04. The Bertz CT molecular complexity index is 310. The van der Waals surface area contributed by atoms with Gasteiger partial charge in [-0.15, -0.1) is 0 Å². The lowest BCUT2D eigenvalue weighted by Crippen LogP contribution is -2.20. The zero-order valence-electron chi connectivity index (χ0n) is 6.50. The van der Waals surface area contributed by atoms with Crippen LogP contribution in [0.2, 0.25) is 0 Å². The van der Waals surface area contributed by atoms with Gasteiger partial charge in [0, 0.05) is 12.8 Å². The quantitative estimate of drug-likeness (QED) is 0.496. The van der Waals surface area contributed by atoms with Crippen molar-refractivity contribution in [2.24, 2.45) is 0 Å². The van der Waals surface area contributed by atoms with Gasteiger partial charge < -0.3 is 4.74 Å². The Morgan fingerprint density at radius 1 is 1.25 bits per heavy atom. The van der Waals surface area contributed by atoms with E-state index in [9.17, 15) is 9.59 Å². The molecule has 62 valence electrons. The van der Waals surface area contributed by atoms with Gasteiger partial charge >= 0.3 is 5.97 Å². The van der Waals surface area contributed by atoms with E-state index < -0.39 is 0 Å². The maximum absolute atomic E-state index is 11.1. The number of cyclic esters (lactones) is 1. The minimum absolute atomic E-state index is 0.0726. The summed E-state index contributed by atoms with van der Waals surface area (Å²) in [4.78, 5) is 22.0. The van der Waals surface area contributed by atoms with Crippen LogP contribution in [0.25, 0.3) is 0 Å². The van der Waals surface area contributed by atoms with E-state index in [0.29, 0.717) is 25.0 Å². The summed E-state index contributed by atoms with van der Waals surface area (Å²) in [6.07, 6.45) is 4.09. The second-order valence-electron chi connectivity index (χ2n) is 2.88. The van der Waals surface area contributed by atoms with Gasteiger partial charge in [-0.1, -0.05) is 0 Å². The molecule has 3 nitrogen and oxygen atoms in total. The molecular weight excluding hydrogens is 156 g/mol. The highest BCUT2D eigenvalue weighted by Crippen LogP contribution is 2.24. The number of allylic oxidation sites excluding steroid dienone is 1. The van der Waals surface area contributed by atoms with Crippen molar-refractivity contribution in [3.05, 3.63) is 23.3 Å². The molecule has 0 atom stereocenters. The van der Waals surface area contributed by atoms with Crippen molar-refractivity contribution in [1.82, 2.24) is 0 Å². The molecule has 3 heteroatoms. The van der Waals surface area contributed by atoms with Crippen molar-refractivity contribution in [3.63, 3.8) is 0 Å². The predicted molar refractivity (Wildman–Crippen MR) is 41.4 cm³/mol. The van der Waals surface area contributed by atoms with Crippen LogP contribution in [0.4, 0.5) is 0 Å². The van der Waals surface area contributed by atoms with Crippen LogP contribution in [0.15, 0.2) is 23.3 Å². The van der Waals surface area contributed by atoms with E-state index in [2.05, 4.69) is 0 Å². The molecular formula is C9H8O3. The highest BCUT2D eigenvalue weighted by Gasteiger charge is 2.23. The zero-order chi connectivity index (χ0) is 8.55. The SMILES string of the molecule is O=C1C=CC2=C(CCOC2=O)C1. The molecule has 0 unspecified atom stereocenters. The molecule has 12 heavy (non-hydrogen) atoms. The summed E-state index contributed by atoms with van der Waals surface area (Å²) < 4.78 is 4.82. The Morgan fingerprint density at radius 3 is 2.92 bits per heavy atom. The lowest BCUT2D eigenvalue weighted by molar-refractivity contribution is -0.139. The fourth-order valence-electron chi connectivity index (χ4n) is 1.44. The number of carbonyl (C=O) groups is 2. The summed E-state index contributed by atoms with van der Waals surface area (Å²) in [5, 5.41) is 0. The molecule has 1 heterocycles. The fourth-order valence-corrected chi connectivity index (χ4v) is 1.44. The van der Waals surface area contributed by atoms with Crippen LogP contribution in [0.3, 0.4) is 0 Å². The Kier molecular flexibility index (Phi) is 1.57. The van der Waals surface area contributed by atoms with Crippen molar-refractivity contribution in [1.29, 1.82) is 0 Å². The lowest BCUT2D eigenvalue weighted by atomic mass is 9.93. The molecule has 0 spiro atoms. The van der Waals surface area contributed by atoms with Crippen LogP contribution < -0.4 is 0 Å². The highest BCUT2D eigenvalue weighted by molar-refractivity contribution is 6.02. The standard InChI is InChI=1S/C9H8O3/c10-7-1-2-8-6(5-7)3-4-12-9(8)11/h1-2H,3-5H2. The summed E-state index contributed by atoms with van der Waals surface area (Å²) >= 11 is 0. The minimum atomic E-state index is -0.292. The Hall–Kier alpha value is -1.38. The molecule has 0 amide bonds. The van der Waals surface area contributed by atoms with E-state index in [4.69, 9.17) is 4.74 Å². The maximum Gasteiger partial charge on any atom is 0.338 e. The van der Waals surface area contributed by atoms with Crippen molar-refractivity contribution >= 4 is 11.8 Å². The summed E-state index contributed by atoms with van der Waals surface area (Å²) in [5.74, 6) is -0.219. The fraction of sp³-hybridized carbons (Fsp3) is 0.333. The van der Waals surface area contributed by atoms with Gasteiger partial charge in [0.15, 0.2) is 5.78 Å². The molecule has 0 fully saturated rings. The number of esters is 1. The van der Waals surface area contributed by atoms with E-state index >= 15 is 0 Å². The number of hydrogen-bond donors (Lipinski definition) is 0. The maximum atomic E-state index is 11.1. The van der Waals surface area contributed by atoms with Gasteiger partial charge in [-0.3, -0.25) is 4.79 Å². The monoisotopic (exact) mass is 164 g/mol. The van der Waals surface area contributed by atoms with Crippen molar-refractivity contribution in [2.75, 3.05) is 6.61 Å². The van der Waals surface area contributed by atoms with E-state index in [1.54, 1.807) is 6.08 Å². The predicted octanol–water partition coefficient (Wildman–Crippen LogP) is 0.759. The molecule has 0 saturated carbocycles. The molecule has 1 aliphatic heterocycles. The van der Waals surface area contributed by atoms with Crippen molar-refractivity contribution < 1.29 is 14.3 Å². The summed E-state index contributed by atoms with van der Waals surface area (Å²) in [6.45, 7) is 0.415. The van der Waals surface area contributed by atoms with Gasteiger partial charge in [0.25, 0.3) is 0 Å². The first-order chi connectivity index (χ1) is 5.77. The third-order valence-electron chi connectivity index (χ3n) is 2.06. The average molecular weight is 164 g/mol. The van der Waals surface area contributed by atoms with Crippen LogP contribution in [-0.4, -0.2) is 18.4 Å². The molecule has 2 rings (SSSR count). The zero-order valence-corrected chi connectivity index (χ0v) is 6.50. The van der Waals surface area contributed by atoms with E-state index in [0.717, 1.165) is 5.57 Å². The number of ketones is 1. The van der Waals surface area contributed by atoms with Crippen molar-refractivity contribution in [2.45, 2.75) is 12.8 Å². The molecule has 0 radical (unpaired) electrons. The Balaban J connectivity index is 2.37. The van der Waals surface area contributed by atoms with E-state index in [1.165, 1.54) is 6.08 Å². The van der Waals surface area contributed by atoms with E-state index in [-0.39, 0.29) is 11.8 Å². The van der Waals surface area contributed by atoms with Crippen molar-refractivity contribution in [3.8, 4) is 0 Å². The second-order valence-corrected chi connectivity index (χ2v) is 2.88. The summed E-state index contributed by atoms with van der Waals surface area (Å²) in [6, 6.07) is 0. The number of rotatable bonds is 0. The lowest BCUT2D eigenvalue weighted by Gasteiger charge is -2.19. The van der Waals surface area contributed by atoms with Crippen LogP contribution in [0.5, 0.6) is 0 Å². The number of ether oxygens (including phenoxy) is 1. The largest absolute Gasteiger partial charge is 0.462 e. The molecule has 0 bridgehead atoms. The van der Waals surface area contributed by atoms with Gasteiger partial charge in [0.1, 0.15) is 0 Å². The third-order valence-corrected chi connectivity index (χ3v) is 2.06. The number of carbonyl (C=O) groups excluding carboxylic acids is 2. The molecule has 1 aliphatic carbocycles. The van der Waals surface area contributed by atoms with E-state index in [1.807, 2.05) is 0 Å². The Morgan fingerprint density at radius 2 is 2.08 bits per heavy atom. The molecule has 0 saturated heterocycles. The number of hydrogen-bond acceptors (Lipinski definition) is 3. The third kappa shape index (κ3) is 1.07. The molecule has 0 aromatic carbocycles. The first-order valence-corrected chi connectivity index (χ1v) is 3.87. The molecule has 2 aliphatic rings. The first kappa shape index (κ1) is 7.28. The molecule has 0 N–H and O–H groups in total. The van der Waals surface area contributed by atoms with Gasteiger partial charge in [-0.25, -0.2) is 4.79 Å². The van der Waals surface area contributed by atoms with Crippen LogP contribution in [0.1, 0.15) is 12.8 Å². The Labute approximate surface area is 69.7 Å². The van der Waals surface area contributed by atoms with Crippen LogP contribution >= 0.6 is 0 Å². The van der Waals surface area contributed by atoms with Gasteiger partial charge in [0.05, 0.1) is 12.2 Å². The molecule has 0 aromatic heterocycles. The summed E-state index contributed by atoms with van der Waals surface area (Å²) in [7, 11) is 0. The summed E-state index contributed by atoms with van der Waals surface area (Å²) in [5.41, 5.74) is 1.51. The second kappa shape index (κ2) is 2.59. The normalized spacial score (nSPS) is 22.3. The topological polar surface area (TPSA) is 43.4 Å². The molecule has 0 aromatic rings. The highest BCUT2D eigenvalue weighted by atomic mass is 16.5. The minimum Gasteiger partial charge on any atom is -0.462 e. The van der Waals surface area contributed by atoms with Gasteiger partial charge in [-0.05, 0) is 17.7 Å². The van der Waals surface area contributed by atoms with Crippen LogP contribution in [0, 0.1) is 0 Å². The van der Waals surface area contributed by atoms with Crippen LogP contribution in [-0.2, 0) is 14.3 Å². The smallest absolute Gasteiger partial charge is 0.338 e.